The summed E-state index contributed by atoms with van der Waals surface area (Å²) in [6, 6.07) is 6.08. The van der Waals surface area contributed by atoms with Gasteiger partial charge >= 0.3 is 5.97 Å². The Morgan fingerprint density at radius 3 is 2.54 bits per heavy atom. The molecule has 0 heterocycles. The Hall–Kier alpha value is -1.76. The van der Waals surface area contributed by atoms with Gasteiger partial charge in [0, 0.05) is 12.3 Å². The van der Waals surface area contributed by atoms with Crippen molar-refractivity contribution in [3.05, 3.63) is 47.8 Å². The standard InChI is InChI=1S/C20H27FO5/c21-15-9-7-14(8-10-15)12-26-13-17-16(18(22)11-19(17)23)5-3-1-2-4-6-20(24)25/h1,3,7-10,16-19,22-23H,2,4-6,11-13H2,(H,24,25)/b3-1-. The number of aliphatic hydroxyl groups is 2. The molecule has 0 spiro atoms. The number of hydrogen-bond acceptors (Lipinski definition) is 4. The van der Waals surface area contributed by atoms with Crippen LogP contribution >= 0.6 is 0 Å². The zero-order valence-electron chi connectivity index (χ0n) is 14.8. The summed E-state index contributed by atoms with van der Waals surface area (Å²) in [4.78, 5) is 10.5. The van der Waals surface area contributed by atoms with E-state index in [1.54, 1.807) is 12.1 Å². The fourth-order valence-electron chi connectivity index (χ4n) is 3.37. The molecule has 0 radical (unpaired) electrons. The summed E-state index contributed by atoms with van der Waals surface area (Å²) in [7, 11) is 0. The highest BCUT2D eigenvalue weighted by molar-refractivity contribution is 5.66. The number of carboxylic acid groups (broad SMARTS) is 1. The van der Waals surface area contributed by atoms with Crippen LogP contribution in [0, 0.1) is 17.7 Å². The minimum Gasteiger partial charge on any atom is -0.481 e. The van der Waals surface area contributed by atoms with Gasteiger partial charge in [0.25, 0.3) is 0 Å². The second-order valence-electron chi connectivity index (χ2n) is 6.83. The average molecular weight is 366 g/mol. The van der Waals surface area contributed by atoms with Gasteiger partial charge < -0.3 is 20.1 Å². The Bertz CT molecular complexity index is 586. The summed E-state index contributed by atoms with van der Waals surface area (Å²) in [5, 5.41) is 29.0. The van der Waals surface area contributed by atoms with Crippen molar-refractivity contribution in [2.24, 2.45) is 11.8 Å². The van der Waals surface area contributed by atoms with Crippen LogP contribution in [0.15, 0.2) is 36.4 Å². The third-order valence-corrected chi connectivity index (χ3v) is 4.85. The Morgan fingerprint density at radius 1 is 1.15 bits per heavy atom. The van der Waals surface area contributed by atoms with Crippen LogP contribution < -0.4 is 0 Å². The Balaban J connectivity index is 1.78. The minimum absolute atomic E-state index is 0.0889. The molecule has 1 aliphatic rings. The second kappa shape index (κ2) is 10.4. The van der Waals surface area contributed by atoms with Crippen molar-refractivity contribution in [2.45, 2.75) is 50.9 Å². The summed E-state index contributed by atoms with van der Waals surface area (Å²) in [5.41, 5.74) is 0.856. The number of carbonyl (C=O) groups is 1. The van der Waals surface area contributed by atoms with Crippen LogP contribution in [0.3, 0.4) is 0 Å². The van der Waals surface area contributed by atoms with Crippen LogP contribution in [0.4, 0.5) is 4.39 Å². The molecule has 3 N–H and O–H groups in total. The Morgan fingerprint density at radius 2 is 1.85 bits per heavy atom. The van der Waals surface area contributed by atoms with Crippen molar-refractivity contribution in [1.29, 1.82) is 0 Å². The third kappa shape index (κ3) is 6.52. The Kier molecular flexibility index (Phi) is 8.22. The van der Waals surface area contributed by atoms with Gasteiger partial charge in [0.1, 0.15) is 5.82 Å². The highest BCUT2D eigenvalue weighted by Gasteiger charge is 2.40. The molecule has 0 saturated heterocycles. The SMILES string of the molecule is O=C(O)CCC/C=C\CC1C(O)CC(O)C1COCc1ccc(F)cc1. The molecule has 0 aromatic heterocycles. The minimum atomic E-state index is -0.800. The van der Waals surface area contributed by atoms with Crippen LogP contribution in [-0.2, 0) is 16.1 Å². The lowest BCUT2D eigenvalue weighted by atomic mass is 9.91. The summed E-state index contributed by atoms with van der Waals surface area (Å²) < 4.78 is 18.6. The largest absolute Gasteiger partial charge is 0.481 e. The Labute approximate surface area is 153 Å². The van der Waals surface area contributed by atoms with E-state index in [-0.39, 0.29) is 24.1 Å². The van der Waals surface area contributed by atoms with Crippen LogP contribution in [0.1, 0.15) is 37.7 Å². The predicted molar refractivity (Wildman–Crippen MR) is 94.9 cm³/mol. The summed E-state index contributed by atoms with van der Waals surface area (Å²) in [6.07, 6.45) is 5.07. The summed E-state index contributed by atoms with van der Waals surface area (Å²) in [6.45, 7) is 0.657. The highest BCUT2D eigenvalue weighted by Crippen LogP contribution is 2.35. The lowest BCUT2D eigenvalue weighted by Gasteiger charge is -2.22. The molecule has 1 aliphatic carbocycles. The average Bonchev–Trinajstić information content (AvgIpc) is 2.86. The van der Waals surface area contributed by atoms with E-state index in [0.29, 0.717) is 38.9 Å². The van der Waals surface area contributed by atoms with E-state index in [4.69, 9.17) is 9.84 Å². The van der Waals surface area contributed by atoms with Crippen LogP contribution in [0.5, 0.6) is 0 Å². The maximum absolute atomic E-state index is 12.9. The first-order valence-electron chi connectivity index (χ1n) is 9.02. The maximum Gasteiger partial charge on any atom is 0.303 e. The number of rotatable bonds is 10. The van der Waals surface area contributed by atoms with Gasteiger partial charge in [-0.05, 0) is 49.3 Å². The van der Waals surface area contributed by atoms with E-state index < -0.39 is 18.2 Å². The molecule has 1 fully saturated rings. The number of halogens is 1. The fraction of sp³-hybridized carbons (Fsp3) is 0.550. The molecule has 0 aliphatic heterocycles. The van der Waals surface area contributed by atoms with E-state index in [9.17, 15) is 19.4 Å². The topological polar surface area (TPSA) is 87.0 Å². The molecule has 0 bridgehead atoms. The lowest BCUT2D eigenvalue weighted by molar-refractivity contribution is -0.137. The van der Waals surface area contributed by atoms with E-state index in [1.807, 2.05) is 12.2 Å². The van der Waals surface area contributed by atoms with Gasteiger partial charge in [-0.15, -0.1) is 0 Å². The van der Waals surface area contributed by atoms with Gasteiger partial charge in [-0.2, -0.15) is 0 Å². The first kappa shape index (κ1) is 20.6. The van der Waals surface area contributed by atoms with Crippen LogP contribution in [0.2, 0.25) is 0 Å². The molecule has 26 heavy (non-hydrogen) atoms. The molecule has 4 unspecified atom stereocenters. The van der Waals surface area contributed by atoms with E-state index in [2.05, 4.69) is 0 Å². The number of aliphatic hydroxyl groups excluding tert-OH is 2. The molecule has 1 saturated carbocycles. The smallest absolute Gasteiger partial charge is 0.303 e. The van der Waals surface area contributed by atoms with Gasteiger partial charge in [-0.3, -0.25) is 4.79 Å². The number of allylic oxidation sites excluding steroid dienone is 2. The lowest BCUT2D eigenvalue weighted by Crippen LogP contribution is -2.26. The molecule has 2 rings (SSSR count). The van der Waals surface area contributed by atoms with Gasteiger partial charge in [-0.1, -0.05) is 24.3 Å². The first-order valence-corrected chi connectivity index (χ1v) is 9.02. The van der Waals surface area contributed by atoms with Crippen molar-refractivity contribution in [3.8, 4) is 0 Å². The molecular weight excluding hydrogens is 339 g/mol. The summed E-state index contributed by atoms with van der Waals surface area (Å²) in [5.74, 6) is -1.34. The fourth-order valence-corrected chi connectivity index (χ4v) is 3.37. The normalized spacial score (nSPS) is 25.8. The number of aliphatic carboxylic acids is 1. The van der Waals surface area contributed by atoms with Crippen molar-refractivity contribution in [2.75, 3.05) is 6.61 Å². The van der Waals surface area contributed by atoms with Crippen molar-refractivity contribution in [3.63, 3.8) is 0 Å². The maximum atomic E-state index is 12.9. The van der Waals surface area contributed by atoms with E-state index in [1.165, 1.54) is 12.1 Å². The third-order valence-electron chi connectivity index (χ3n) is 4.85. The number of hydrogen-bond donors (Lipinski definition) is 3. The molecule has 1 aromatic carbocycles. The van der Waals surface area contributed by atoms with E-state index >= 15 is 0 Å². The van der Waals surface area contributed by atoms with E-state index in [0.717, 1.165) is 5.56 Å². The van der Waals surface area contributed by atoms with Crippen LogP contribution in [0.25, 0.3) is 0 Å². The predicted octanol–water partition coefficient (Wildman–Crippen LogP) is 2.90. The molecule has 6 heteroatoms. The van der Waals surface area contributed by atoms with Crippen molar-refractivity contribution in [1.82, 2.24) is 0 Å². The zero-order valence-corrected chi connectivity index (χ0v) is 14.8. The van der Waals surface area contributed by atoms with Gasteiger partial charge in [-0.25, -0.2) is 4.39 Å². The zero-order chi connectivity index (χ0) is 18.9. The molecule has 4 atom stereocenters. The quantitative estimate of drug-likeness (QED) is 0.438. The first-order chi connectivity index (χ1) is 12.5. The number of unbranched alkanes of at least 4 members (excludes halogenated alkanes) is 1. The monoisotopic (exact) mass is 366 g/mol. The number of benzene rings is 1. The highest BCUT2D eigenvalue weighted by atomic mass is 19.1. The molecule has 5 nitrogen and oxygen atoms in total. The second-order valence-corrected chi connectivity index (χ2v) is 6.83. The summed E-state index contributed by atoms with van der Waals surface area (Å²) >= 11 is 0. The van der Waals surface area contributed by atoms with Gasteiger partial charge in [0.2, 0.25) is 0 Å². The number of carboxylic acids is 1. The van der Waals surface area contributed by atoms with Crippen LogP contribution in [-0.4, -0.2) is 40.1 Å². The van der Waals surface area contributed by atoms with Gasteiger partial charge in [0.05, 0.1) is 25.4 Å². The number of ether oxygens (including phenoxy) is 1. The van der Waals surface area contributed by atoms with Crippen molar-refractivity contribution < 1.29 is 29.2 Å². The molecule has 0 amide bonds. The van der Waals surface area contributed by atoms with Gasteiger partial charge in [0.15, 0.2) is 0 Å². The molecule has 1 aromatic rings. The molecule has 144 valence electrons. The van der Waals surface area contributed by atoms with Crippen molar-refractivity contribution >= 4 is 5.97 Å². The molecular formula is C20H27FO5.